The van der Waals surface area contributed by atoms with Crippen LogP contribution in [0.4, 0.5) is 8.78 Å². The predicted molar refractivity (Wildman–Crippen MR) is 64.9 cm³/mol. The topological polar surface area (TPSA) is 68.0 Å². The molecule has 20 heavy (non-hydrogen) atoms. The third-order valence-corrected chi connectivity index (χ3v) is 3.24. The molecule has 0 unspecified atom stereocenters. The molecule has 0 saturated heterocycles. The number of hydrogen-bond donors (Lipinski definition) is 1. The SMILES string of the molecule is Cc1ccc(F)c(-n2nc(C(=O)O)nc2C2CC2)c1F. The summed E-state index contributed by atoms with van der Waals surface area (Å²) >= 11 is 0. The molecule has 1 aliphatic rings. The zero-order valence-corrected chi connectivity index (χ0v) is 10.6. The van der Waals surface area contributed by atoms with Gasteiger partial charge in [-0.1, -0.05) is 6.07 Å². The van der Waals surface area contributed by atoms with Crippen molar-refractivity contribution >= 4 is 5.97 Å². The maximum Gasteiger partial charge on any atom is 0.375 e. The summed E-state index contributed by atoms with van der Waals surface area (Å²) in [5, 5.41) is 12.7. The molecule has 1 aromatic heterocycles. The number of nitrogens with zero attached hydrogens (tertiary/aromatic N) is 3. The second-order valence-corrected chi connectivity index (χ2v) is 4.81. The average Bonchev–Trinajstić information content (AvgIpc) is 3.15. The van der Waals surface area contributed by atoms with E-state index in [0.717, 1.165) is 23.6 Å². The zero-order chi connectivity index (χ0) is 14.4. The molecule has 0 radical (unpaired) electrons. The van der Waals surface area contributed by atoms with Crippen LogP contribution in [-0.4, -0.2) is 25.8 Å². The molecule has 0 amide bonds. The fourth-order valence-corrected chi connectivity index (χ4v) is 2.02. The Morgan fingerprint density at radius 1 is 1.40 bits per heavy atom. The standard InChI is InChI=1S/C13H11F2N3O2/c1-6-2-5-8(14)10(9(6)15)18-12(7-3-4-7)16-11(17-18)13(19)20/h2,5,7H,3-4H2,1H3,(H,19,20). The third-order valence-electron chi connectivity index (χ3n) is 3.24. The minimum Gasteiger partial charge on any atom is -0.475 e. The van der Waals surface area contributed by atoms with E-state index in [-0.39, 0.29) is 17.2 Å². The van der Waals surface area contributed by atoms with E-state index < -0.39 is 23.4 Å². The quantitative estimate of drug-likeness (QED) is 0.937. The lowest BCUT2D eigenvalue weighted by atomic mass is 10.2. The second-order valence-electron chi connectivity index (χ2n) is 4.81. The van der Waals surface area contributed by atoms with Gasteiger partial charge in [0, 0.05) is 5.92 Å². The van der Waals surface area contributed by atoms with Gasteiger partial charge < -0.3 is 5.11 Å². The Bertz CT molecular complexity index is 708. The number of aromatic nitrogens is 3. The first-order chi connectivity index (χ1) is 9.49. The summed E-state index contributed by atoms with van der Waals surface area (Å²) in [6.07, 6.45) is 1.62. The summed E-state index contributed by atoms with van der Waals surface area (Å²) in [7, 11) is 0. The molecule has 5 nitrogen and oxygen atoms in total. The van der Waals surface area contributed by atoms with Crippen molar-refractivity contribution in [1.29, 1.82) is 0 Å². The smallest absolute Gasteiger partial charge is 0.375 e. The Hall–Kier alpha value is -2.31. The highest BCUT2D eigenvalue weighted by atomic mass is 19.1. The Kier molecular flexibility index (Phi) is 2.77. The van der Waals surface area contributed by atoms with Crippen LogP contribution in [0.3, 0.4) is 0 Å². The number of carboxylic acids is 1. The van der Waals surface area contributed by atoms with Gasteiger partial charge in [-0.05, 0) is 31.4 Å². The van der Waals surface area contributed by atoms with Crippen LogP contribution in [-0.2, 0) is 0 Å². The molecule has 2 aromatic rings. The molecule has 104 valence electrons. The third kappa shape index (κ3) is 1.95. The molecular weight excluding hydrogens is 268 g/mol. The highest BCUT2D eigenvalue weighted by molar-refractivity contribution is 5.83. The van der Waals surface area contributed by atoms with Crippen molar-refractivity contribution in [3.8, 4) is 5.69 Å². The first-order valence-electron chi connectivity index (χ1n) is 6.14. The summed E-state index contributed by atoms with van der Waals surface area (Å²) in [6.45, 7) is 1.50. The van der Waals surface area contributed by atoms with E-state index in [1.54, 1.807) is 0 Å². The lowest BCUT2D eigenvalue weighted by Gasteiger charge is -2.09. The Morgan fingerprint density at radius 2 is 2.10 bits per heavy atom. The molecule has 0 atom stereocenters. The molecule has 0 spiro atoms. The monoisotopic (exact) mass is 279 g/mol. The molecule has 0 aliphatic heterocycles. The van der Waals surface area contributed by atoms with E-state index in [4.69, 9.17) is 5.11 Å². The van der Waals surface area contributed by atoms with Gasteiger partial charge in [0.25, 0.3) is 5.82 Å². The Morgan fingerprint density at radius 3 is 2.70 bits per heavy atom. The van der Waals surface area contributed by atoms with E-state index in [1.165, 1.54) is 13.0 Å². The van der Waals surface area contributed by atoms with Crippen molar-refractivity contribution < 1.29 is 18.7 Å². The second kappa shape index (κ2) is 4.36. The number of rotatable bonds is 3. The fourth-order valence-electron chi connectivity index (χ4n) is 2.02. The van der Waals surface area contributed by atoms with Crippen molar-refractivity contribution in [2.24, 2.45) is 0 Å². The first kappa shape index (κ1) is 12.7. The predicted octanol–water partition coefficient (Wildman–Crippen LogP) is 2.43. The lowest BCUT2D eigenvalue weighted by Crippen LogP contribution is -2.09. The molecule has 1 N–H and O–H groups in total. The molecule has 7 heteroatoms. The van der Waals surface area contributed by atoms with Crippen molar-refractivity contribution in [2.75, 3.05) is 0 Å². The Balaban J connectivity index is 2.24. The fraction of sp³-hybridized carbons (Fsp3) is 0.308. The van der Waals surface area contributed by atoms with E-state index in [2.05, 4.69) is 10.1 Å². The molecule has 1 saturated carbocycles. The molecule has 1 fully saturated rings. The van der Waals surface area contributed by atoms with Gasteiger partial charge in [-0.2, -0.15) is 0 Å². The van der Waals surface area contributed by atoms with Crippen molar-refractivity contribution in [1.82, 2.24) is 14.8 Å². The molecular formula is C13H11F2N3O2. The van der Waals surface area contributed by atoms with E-state index in [1.807, 2.05) is 0 Å². The maximum atomic E-state index is 14.1. The van der Waals surface area contributed by atoms with Gasteiger partial charge in [0.15, 0.2) is 11.6 Å². The van der Waals surface area contributed by atoms with Crippen molar-refractivity contribution in [3.63, 3.8) is 0 Å². The number of benzene rings is 1. The van der Waals surface area contributed by atoms with Gasteiger partial charge in [0.1, 0.15) is 11.5 Å². The summed E-state index contributed by atoms with van der Waals surface area (Å²) in [4.78, 5) is 14.8. The molecule has 1 aromatic carbocycles. The van der Waals surface area contributed by atoms with Crippen LogP contribution in [0.25, 0.3) is 5.69 Å². The Labute approximate surface area is 112 Å². The maximum absolute atomic E-state index is 14.1. The number of hydrogen-bond acceptors (Lipinski definition) is 3. The van der Waals surface area contributed by atoms with Crippen LogP contribution in [0.2, 0.25) is 0 Å². The summed E-state index contributed by atoms with van der Waals surface area (Å²) in [5.74, 6) is -3.02. The molecule has 1 aliphatic carbocycles. The van der Waals surface area contributed by atoms with Crippen LogP contribution in [0.5, 0.6) is 0 Å². The molecule has 0 bridgehead atoms. The van der Waals surface area contributed by atoms with Crippen LogP contribution < -0.4 is 0 Å². The first-order valence-corrected chi connectivity index (χ1v) is 6.14. The summed E-state index contributed by atoms with van der Waals surface area (Å²) in [5.41, 5.74) is -0.109. The summed E-state index contributed by atoms with van der Waals surface area (Å²) < 4.78 is 29.0. The van der Waals surface area contributed by atoms with Gasteiger partial charge in [-0.25, -0.2) is 23.2 Å². The lowest BCUT2D eigenvalue weighted by molar-refractivity contribution is 0.0683. The van der Waals surface area contributed by atoms with E-state index in [0.29, 0.717) is 5.82 Å². The van der Waals surface area contributed by atoms with Gasteiger partial charge >= 0.3 is 5.97 Å². The average molecular weight is 279 g/mol. The van der Waals surface area contributed by atoms with Crippen LogP contribution in [0, 0.1) is 18.6 Å². The van der Waals surface area contributed by atoms with Crippen molar-refractivity contribution in [3.05, 3.63) is 41.0 Å². The van der Waals surface area contributed by atoms with Crippen LogP contribution >= 0.6 is 0 Å². The zero-order valence-electron chi connectivity index (χ0n) is 10.6. The minimum absolute atomic E-state index is 0.00918. The van der Waals surface area contributed by atoms with E-state index in [9.17, 15) is 13.6 Å². The number of carboxylic acid groups (broad SMARTS) is 1. The van der Waals surface area contributed by atoms with Gasteiger partial charge in [-0.3, -0.25) is 0 Å². The van der Waals surface area contributed by atoms with Crippen molar-refractivity contribution in [2.45, 2.75) is 25.7 Å². The molecule has 1 heterocycles. The van der Waals surface area contributed by atoms with Gasteiger partial charge in [0.2, 0.25) is 0 Å². The van der Waals surface area contributed by atoms with Crippen LogP contribution in [0.15, 0.2) is 12.1 Å². The molecule has 3 rings (SSSR count). The van der Waals surface area contributed by atoms with Gasteiger partial charge in [-0.15, -0.1) is 5.10 Å². The summed E-state index contributed by atoms with van der Waals surface area (Å²) in [6, 6.07) is 2.45. The normalized spacial score (nSPS) is 14.6. The van der Waals surface area contributed by atoms with E-state index >= 15 is 0 Å². The largest absolute Gasteiger partial charge is 0.475 e. The minimum atomic E-state index is -1.32. The van der Waals surface area contributed by atoms with Gasteiger partial charge in [0.05, 0.1) is 0 Å². The number of halogens is 2. The number of aryl methyl sites for hydroxylation is 1. The number of carbonyl (C=O) groups is 1. The highest BCUT2D eigenvalue weighted by Crippen LogP contribution is 2.40. The highest BCUT2D eigenvalue weighted by Gasteiger charge is 2.33. The number of aromatic carboxylic acids is 1. The van der Waals surface area contributed by atoms with Crippen LogP contribution in [0.1, 0.15) is 40.8 Å².